The topological polar surface area (TPSA) is 51.0 Å². The van der Waals surface area contributed by atoms with Crippen LogP contribution in [0.4, 0.5) is 6.01 Å². The second-order valence-electron chi connectivity index (χ2n) is 5.69. The zero-order valence-electron chi connectivity index (χ0n) is 11.1. The summed E-state index contributed by atoms with van der Waals surface area (Å²) in [5.74, 6) is 2.84. The molecule has 0 unspecified atom stereocenters. The van der Waals surface area contributed by atoms with Gasteiger partial charge in [0.05, 0.1) is 0 Å². The molecular weight excluding hydrogens is 214 g/mol. The highest BCUT2D eigenvalue weighted by Gasteiger charge is 2.23. The van der Waals surface area contributed by atoms with Crippen LogP contribution in [0.1, 0.15) is 58.2 Å². The van der Waals surface area contributed by atoms with Gasteiger partial charge in [-0.15, -0.1) is 0 Å². The highest BCUT2D eigenvalue weighted by molar-refractivity contribution is 5.19. The molecule has 1 aromatic heterocycles. The highest BCUT2D eigenvalue weighted by atomic mass is 16.5. The molecule has 1 N–H and O–H groups in total. The minimum Gasteiger partial charge on any atom is -0.338 e. The van der Waals surface area contributed by atoms with Gasteiger partial charge in [0.1, 0.15) is 0 Å². The van der Waals surface area contributed by atoms with Crippen LogP contribution in [0.2, 0.25) is 0 Å². The maximum Gasteiger partial charge on any atom is 0.321 e. The third-order valence-corrected chi connectivity index (χ3v) is 3.48. The molecule has 0 spiro atoms. The molecule has 0 atom stereocenters. The first-order valence-electron chi connectivity index (χ1n) is 6.72. The van der Waals surface area contributed by atoms with Crippen molar-refractivity contribution in [1.29, 1.82) is 0 Å². The second kappa shape index (κ2) is 5.52. The average Bonchev–Trinajstić information content (AvgIpc) is 2.76. The monoisotopic (exact) mass is 237 g/mol. The smallest absolute Gasteiger partial charge is 0.321 e. The molecule has 4 heteroatoms. The summed E-state index contributed by atoms with van der Waals surface area (Å²) >= 11 is 0. The minimum absolute atomic E-state index is 0.504. The van der Waals surface area contributed by atoms with E-state index in [9.17, 15) is 0 Å². The van der Waals surface area contributed by atoms with Crippen molar-refractivity contribution in [3.8, 4) is 0 Å². The zero-order chi connectivity index (χ0) is 12.3. The lowest BCUT2D eigenvalue weighted by atomic mass is 9.83. The molecule has 0 radical (unpaired) electrons. The number of hydrogen-bond donors (Lipinski definition) is 1. The molecule has 1 aromatic rings. The summed E-state index contributed by atoms with van der Waals surface area (Å²) in [6.45, 7) is 7.52. The fourth-order valence-corrected chi connectivity index (χ4v) is 2.28. The Hall–Kier alpha value is -1.06. The van der Waals surface area contributed by atoms with Crippen LogP contribution in [0, 0.1) is 11.8 Å². The summed E-state index contributed by atoms with van der Waals surface area (Å²) in [5, 5.41) is 7.27. The molecule has 0 amide bonds. The van der Waals surface area contributed by atoms with Crippen LogP contribution in [-0.2, 0) is 0 Å². The third kappa shape index (κ3) is 3.45. The van der Waals surface area contributed by atoms with Gasteiger partial charge in [0.2, 0.25) is 0 Å². The molecule has 1 aliphatic rings. The number of nitrogens with zero attached hydrogens (tertiary/aromatic N) is 2. The summed E-state index contributed by atoms with van der Waals surface area (Å²) in [5.41, 5.74) is 0. The van der Waals surface area contributed by atoms with Crippen LogP contribution in [0.5, 0.6) is 0 Å². The predicted molar refractivity (Wildman–Crippen MR) is 68.0 cm³/mol. The summed E-state index contributed by atoms with van der Waals surface area (Å²) in [6, 6.07) is 0.576. The number of anilines is 1. The zero-order valence-corrected chi connectivity index (χ0v) is 11.1. The van der Waals surface area contributed by atoms with Gasteiger partial charge in [-0.05, 0) is 24.7 Å². The van der Waals surface area contributed by atoms with Gasteiger partial charge >= 0.3 is 6.01 Å². The van der Waals surface area contributed by atoms with Crippen molar-refractivity contribution in [3.63, 3.8) is 0 Å². The Morgan fingerprint density at radius 3 is 2.65 bits per heavy atom. The standard InChI is InChI=1S/C13H23N3O/c1-9(2)8-14-13-15-12(16-17-13)11-6-4-10(3)5-7-11/h9-11H,4-8H2,1-3H3,(H,14,15,16). The normalized spacial score (nSPS) is 25.2. The van der Waals surface area contributed by atoms with E-state index in [1.54, 1.807) is 0 Å². The van der Waals surface area contributed by atoms with Gasteiger partial charge in [-0.3, -0.25) is 0 Å². The number of rotatable bonds is 4. The van der Waals surface area contributed by atoms with E-state index >= 15 is 0 Å². The van der Waals surface area contributed by atoms with E-state index in [1.165, 1.54) is 25.7 Å². The van der Waals surface area contributed by atoms with Crippen molar-refractivity contribution in [2.45, 2.75) is 52.4 Å². The van der Waals surface area contributed by atoms with Crippen LogP contribution < -0.4 is 5.32 Å². The molecule has 1 heterocycles. The third-order valence-electron chi connectivity index (χ3n) is 3.48. The predicted octanol–water partition coefficient (Wildman–Crippen LogP) is 3.43. The Morgan fingerprint density at radius 1 is 1.29 bits per heavy atom. The molecular formula is C13H23N3O. The first-order valence-corrected chi connectivity index (χ1v) is 6.72. The first-order chi connectivity index (χ1) is 8.15. The van der Waals surface area contributed by atoms with E-state index in [2.05, 4.69) is 36.2 Å². The maximum absolute atomic E-state index is 5.22. The summed E-state index contributed by atoms with van der Waals surface area (Å²) < 4.78 is 5.22. The highest BCUT2D eigenvalue weighted by Crippen LogP contribution is 2.34. The first kappa shape index (κ1) is 12.4. The SMILES string of the molecule is CC(C)CNc1nc(C2CCC(C)CC2)no1. The Labute approximate surface area is 103 Å². The largest absolute Gasteiger partial charge is 0.338 e. The molecule has 0 aliphatic heterocycles. The Morgan fingerprint density at radius 2 is 2.00 bits per heavy atom. The van der Waals surface area contributed by atoms with Gasteiger partial charge in [0.25, 0.3) is 0 Å². The fraction of sp³-hybridized carbons (Fsp3) is 0.846. The van der Waals surface area contributed by atoms with Crippen LogP contribution in [-0.4, -0.2) is 16.7 Å². The van der Waals surface area contributed by atoms with Crippen LogP contribution in [0.15, 0.2) is 4.52 Å². The van der Waals surface area contributed by atoms with Crippen LogP contribution >= 0.6 is 0 Å². The molecule has 1 aliphatic carbocycles. The van der Waals surface area contributed by atoms with Crippen LogP contribution in [0.3, 0.4) is 0 Å². The van der Waals surface area contributed by atoms with E-state index in [-0.39, 0.29) is 0 Å². The molecule has 0 aromatic carbocycles. The van der Waals surface area contributed by atoms with Crippen molar-refractivity contribution in [3.05, 3.63) is 5.82 Å². The number of aromatic nitrogens is 2. The Bertz CT molecular complexity index is 340. The molecule has 1 fully saturated rings. The van der Waals surface area contributed by atoms with Crippen molar-refractivity contribution in [1.82, 2.24) is 10.1 Å². The Balaban J connectivity index is 1.89. The molecule has 2 rings (SSSR count). The van der Waals surface area contributed by atoms with Crippen molar-refractivity contribution in [2.75, 3.05) is 11.9 Å². The minimum atomic E-state index is 0.504. The summed E-state index contributed by atoms with van der Waals surface area (Å²) in [7, 11) is 0. The molecule has 1 saturated carbocycles. The fourth-order valence-electron chi connectivity index (χ4n) is 2.28. The van der Waals surface area contributed by atoms with Gasteiger partial charge in [0, 0.05) is 12.5 Å². The lowest BCUT2D eigenvalue weighted by Crippen LogP contribution is -2.12. The van der Waals surface area contributed by atoms with Crippen molar-refractivity contribution >= 4 is 6.01 Å². The van der Waals surface area contributed by atoms with E-state index < -0.39 is 0 Å². The average molecular weight is 237 g/mol. The molecule has 4 nitrogen and oxygen atoms in total. The quantitative estimate of drug-likeness (QED) is 0.871. The second-order valence-corrected chi connectivity index (χ2v) is 5.69. The van der Waals surface area contributed by atoms with Gasteiger partial charge in [-0.1, -0.05) is 38.8 Å². The molecule has 0 saturated heterocycles. The van der Waals surface area contributed by atoms with Crippen molar-refractivity contribution in [2.24, 2.45) is 11.8 Å². The summed E-state index contributed by atoms with van der Waals surface area (Å²) in [6.07, 6.45) is 4.97. The van der Waals surface area contributed by atoms with E-state index in [1.807, 2.05) is 0 Å². The summed E-state index contributed by atoms with van der Waals surface area (Å²) in [4.78, 5) is 4.44. The lowest BCUT2D eigenvalue weighted by molar-refractivity contribution is 0.329. The molecule has 96 valence electrons. The van der Waals surface area contributed by atoms with Gasteiger partial charge in [0.15, 0.2) is 5.82 Å². The number of hydrogen-bond acceptors (Lipinski definition) is 4. The van der Waals surface area contributed by atoms with E-state index in [4.69, 9.17) is 4.52 Å². The van der Waals surface area contributed by atoms with Crippen LogP contribution in [0.25, 0.3) is 0 Å². The van der Waals surface area contributed by atoms with Gasteiger partial charge in [-0.25, -0.2) is 0 Å². The van der Waals surface area contributed by atoms with Gasteiger partial charge < -0.3 is 9.84 Å². The maximum atomic E-state index is 5.22. The van der Waals surface area contributed by atoms with E-state index in [0.29, 0.717) is 17.9 Å². The van der Waals surface area contributed by atoms with Crippen molar-refractivity contribution < 1.29 is 4.52 Å². The molecule has 0 bridgehead atoms. The number of nitrogens with one attached hydrogen (secondary N) is 1. The molecule has 17 heavy (non-hydrogen) atoms. The lowest BCUT2D eigenvalue weighted by Gasteiger charge is -2.23. The Kier molecular flexibility index (Phi) is 4.02. The van der Waals surface area contributed by atoms with Gasteiger partial charge in [-0.2, -0.15) is 4.98 Å². The van der Waals surface area contributed by atoms with E-state index in [0.717, 1.165) is 18.3 Å².